The summed E-state index contributed by atoms with van der Waals surface area (Å²) in [6, 6.07) is 12.4. The normalized spacial score (nSPS) is 18.5. The van der Waals surface area contributed by atoms with Crippen LogP contribution in [0.4, 0.5) is 4.39 Å². The summed E-state index contributed by atoms with van der Waals surface area (Å²) in [6.45, 7) is 2.26. The lowest BCUT2D eigenvalue weighted by molar-refractivity contribution is -0.127. The maximum Gasteiger partial charge on any atom is 0.243 e. The Labute approximate surface area is 207 Å². The quantitative estimate of drug-likeness (QED) is 0.415. The van der Waals surface area contributed by atoms with Gasteiger partial charge in [-0.3, -0.25) is 4.79 Å². The maximum atomic E-state index is 14.1. The zero-order valence-corrected chi connectivity index (χ0v) is 20.6. The molecule has 2 saturated carbocycles. The summed E-state index contributed by atoms with van der Waals surface area (Å²) in [6.07, 6.45) is 11.2. The highest BCUT2D eigenvalue weighted by molar-refractivity contribution is 5.85. The van der Waals surface area contributed by atoms with Crippen LogP contribution in [0.1, 0.15) is 81.6 Å². The molecule has 2 aromatic carbocycles. The molecule has 1 amide bonds. The molecule has 0 saturated heterocycles. The molecule has 0 bridgehead atoms. The molecular formula is C29H36FN3O2. The molecule has 2 aliphatic carbocycles. The smallest absolute Gasteiger partial charge is 0.243 e. The van der Waals surface area contributed by atoms with Crippen LogP contribution in [0.15, 0.2) is 42.5 Å². The summed E-state index contributed by atoms with van der Waals surface area (Å²) < 4.78 is 22.3. The van der Waals surface area contributed by atoms with Crippen LogP contribution < -0.4 is 10.1 Å². The summed E-state index contributed by atoms with van der Waals surface area (Å²) in [7, 11) is 0. The number of carbonyl (C=O) groups excluding carboxylic acids is 1. The number of rotatable bonds is 7. The van der Waals surface area contributed by atoms with Crippen molar-refractivity contribution in [1.29, 1.82) is 0 Å². The van der Waals surface area contributed by atoms with Gasteiger partial charge in [-0.2, -0.15) is 0 Å². The van der Waals surface area contributed by atoms with Crippen molar-refractivity contribution in [3.63, 3.8) is 0 Å². The second-order valence-corrected chi connectivity index (χ2v) is 10.3. The first-order chi connectivity index (χ1) is 17.1. The molecular weight excluding hydrogens is 441 g/mol. The minimum atomic E-state index is -0.371. The van der Waals surface area contributed by atoms with E-state index < -0.39 is 0 Å². The Morgan fingerprint density at radius 3 is 2.43 bits per heavy atom. The van der Waals surface area contributed by atoms with Crippen molar-refractivity contribution in [2.75, 3.05) is 0 Å². The number of aromatic nitrogens is 2. The van der Waals surface area contributed by atoms with Crippen molar-refractivity contribution >= 4 is 16.9 Å². The summed E-state index contributed by atoms with van der Waals surface area (Å²) in [4.78, 5) is 18.7. The second kappa shape index (κ2) is 10.8. The van der Waals surface area contributed by atoms with E-state index in [0.29, 0.717) is 11.3 Å². The fourth-order valence-electron chi connectivity index (χ4n) is 5.84. The van der Waals surface area contributed by atoms with E-state index in [1.165, 1.54) is 37.8 Å². The molecule has 1 heterocycles. The van der Waals surface area contributed by atoms with Crippen molar-refractivity contribution < 1.29 is 13.9 Å². The highest BCUT2D eigenvalue weighted by Gasteiger charge is 2.35. The first kappa shape index (κ1) is 23.8. The lowest BCUT2D eigenvalue weighted by Gasteiger charge is -2.33. The molecule has 0 spiro atoms. The van der Waals surface area contributed by atoms with E-state index in [-0.39, 0.29) is 36.3 Å². The van der Waals surface area contributed by atoms with Crippen LogP contribution in [-0.4, -0.2) is 21.5 Å². The van der Waals surface area contributed by atoms with Crippen molar-refractivity contribution in [2.24, 2.45) is 5.92 Å². The van der Waals surface area contributed by atoms with E-state index in [2.05, 4.69) is 9.88 Å². The third-order valence-corrected chi connectivity index (χ3v) is 7.71. The summed E-state index contributed by atoms with van der Waals surface area (Å²) in [5.74, 6) is 1.40. The lowest BCUT2D eigenvalue weighted by Crippen LogP contribution is -2.43. The standard InChI is InChI=1S/C29H36FN3O2/c1-20-12-15-24(16-13-20)35-19-27-32-25-18-22(30)14-17-26(25)33(27)28(21-8-4-2-5-9-21)29(34)31-23-10-6-3-7-11-23/h12-18,21,23,28H,2-11,19H2,1H3,(H,31,34). The number of imidazole rings is 1. The average molecular weight is 478 g/mol. The molecule has 5 rings (SSSR count). The Balaban J connectivity index is 1.51. The summed E-state index contributed by atoms with van der Waals surface area (Å²) in [5, 5.41) is 3.39. The topological polar surface area (TPSA) is 56.2 Å². The maximum absolute atomic E-state index is 14.1. The molecule has 35 heavy (non-hydrogen) atoms. The third kappa shape index (κ3) is 5.52. The SMILES string of the molecule is Cc1ccc(OCc2nc3cc(F)ccc3n2C(C(=O)NC2CCCCC2)C2CCCCC2)cc1. The fourth-order valence-corrected chi connectivity index (χ4v) is 5.84. The Hall–Kier alpha value is -2.89. The van der Waals surface area contributed by atoms with Gasteiger partial charge < -0.3 is 14.6 Å². The number of fused-ring (bicyclic) bond motifs is 1. The average Bonchev–Trinajstić information content (AvgIpc) is 3.22. The van der Waals surface area contributed by atoms with Gasteiger partial charge in [0.25, 0.3) is 0 Å². The van der Waals surface area contributed by atoms with Gasteiger partial charge in [0.05, 0.1) is 11.0 Å². The zero-order valence-electron chi connectivity index (χ0n) is 20.6. The van der Waals surface area contributed by atoms with Gasteiger partial charge in [0.15, 0.2) is 0 Å². The highest BCUT2D eigenvalue weighted by atomic mass is 19.1. The van der Waals surface area contributed by atoms with E-state index in [0.717, 1.165) is 55.4 Å². The second-order valence-electron chi connectivity index (χ2n) is 10.3. The number of nitrogens with zero attached hydrogens (tertiary/aromatic N) is 2. The minimum Gasteiger partial charge on any atom is -0.486 e. The van der Waals surface area contributed by atoms with E-state index in [9.17, 15) is 9.18 Å². The van der Waals surface area contributed by atoms with Crippen molar-refractivity contribution in [3.05, 3.63) is 59.7 Å². The molecule has 2 fully saturated rings. The van der Waals surface area contributed by atoms with Crippen LogP contribution in [0.25, 0.3) is 11.0 Å². The Morgan fingerprint density at radius 1 is 1.03 bits per heavy atom. The van der Waals surface area contributed by atoms with Gasteiger partial charge in [0.1, 0.15) is 30.0 Å². The summed E-state index contributed by atoms with van der Waals surface area (Å²) in [5.41, 5.74) is 2.53. The van der Waals surface area contributed by atoms with E-state index >= 15 is 0 Å². The largest absolute Gasteiger partial charge is 0.486 e. The first-order valence-corrected chi connectivity index (χ1v) is 13.2. The fraction of sp³-hybridized carbons (Fsp3) is 0.517. The number of aryl methyl sites for hydroxylation is 1. The Bertz CT molecular complexity index is 1140. The van der Waals surface area contributed by atoms with Gasteiger partial charge in [-0.1, -0.05) is 56.2 Å². The van der Waals surface area contributed by atoms with Crippen LogP contribution in [0.5, 0.6) is 5.75 Å². The van der Waals surface area contributed by atoms with Gasteiger partial charge >= 0.3 is 0 Å². The Kier molecular flexibility index (Phi) is 7.35. The van der Waals surface area contributed by atoms with E-state index in [1.807, 2.05) is 31.2 Å². The van der Waals surface area contributed by atoms with Crippen LogP contribution in [-0.2, 0) is 11.4 Å². The number of halogens is 1. The number of hydrogen-bond acceptors (Lipinski definition) is 3. The first-order valence-electron chi connectivity index (χ1n) is 13.2. The van der Waals surface area contributed by atoms with Crippen LogP contribution in [0.3, 0.4) is 0 Å². The number of nitrogens with one attached hydrogen (secondary N) is 1. The molecule has 0 aliphatic heterocycles. The molecule has 1 N–H and O–H groups in total. The molecule has 6 heteroatoms. The number of benzene rings is 2. The number of carbonyl (C=O) groups is 1. The predicted molar refractivity (Wildman–Crippen MR) is 136 cm³/mol. The molecule has 1 aromatic heterocycles. The molecule has 5 nitrogen and oxygen atoms in total. The third-order valence-electron chi connectivity index (χ3n) is 7.71. The molecule has 3 aromatic rings. The van der Waals surface area contributed by atoms with Gasteiger partial charge in [-0.15, -0.1) is 0 Å². The van der Waals surface area contributed by atoms with Crippen LogP contribution >= 0.6 is 0 Å². The number of amides is 1. The van der Waals surface area contributed by atoms with E-state index in [1.54, 1.807) is 6.07 Å². The van der Waals surface area contributed by atoms with Crippen molar-refractivity contribution in [3.8, 4) is 5.75 Å². The summed E-state index contributed by atoms with van der Waals surface area (Å²) >= 11 is 0. The predicted octanol–water partition coefficient (Wildman–Crippen LogP) is 6.63. The highest BCUT2D eigenvalue weighted by Crippen LogP contribution is 2.37. The molecule has 2 aliphatic rings. The van der Waals surface area contributed by atoms with Gasteiger partial charge in [0, 0.05) is 12.1 Å². The Morgan fingerprint density at radius 2 is 1.71 bits per heavy atom. The van der Waals surface area contributed by atoms with Crippen LogP contribution in [0, 0.1) is 18.7 Å². The number of ether oxygens (including phenoxy) is 1. The minimum absolute atomic E-state index is 0.0732. The molecule has 0 radical (unpaired) electrons. The van der Waals surface area contributed by atoms with Crippen LogP contribution in [0.2, 0.25) is 0 Å². The van der Waals surface area contributed by atoms with Crippen molar-refractivity contribution in [1.82, 2.24) is 14.9 Å². The monoisotopic (exact) mass is 477 g/mol. The molecule has 186 valence electrons. The zero-order chi connectivity index (χ0) is 24.2. The van der Waals surface area contributed by atoms with Crippen molar-refractivity contribution in [2.45, 2.75) is 89.8 Å². The number of hydrogen-bond donors (Lipinski definition) is 1. The molecule has 1 atom stereocenters. The lowest BCUT2D eigenvalue weighted by atomic mass is 9.83. The van der Waals surface area contributed by atoms with E-state index in [4.69, 9.17) is 9.72 Å². The van der Waals surface area contributed by atoms with Gasteiger partial charge in [0.2, 0.25) is 5.91 Å². The van der Waals surface area contributed by atoms with Gasteiger partial charge in [-0.25, -0.2) is 9.37 Å². The molecule has 1 unspecified atom stereocenters. The van der Waals surface area contributed by atoms with Gasteiger partial charge in [-0.05, 0) is 62.8 Å².